The summed E-state index contributed by atoms with van der Waals surface area (Å²) in [5.74, 6) is 0.813. The minimum Gasteiger partial charge on any atom is -0.390 e. The second-order valence-electron chi connectivity index (χ2n) is 4.11. The van der Waals surface area contributed by atoms with Gasteiger partial charge in [0.1, 0.15) is 5.69 Å². The van der Waals surface area contributed by atoms with Crippen LogP contribution in [0.15, 0.2) is 6.20 Å². The van der Waals surface area contributed by atoms with E-state index in [0.717, 1.165) is 32.0 Å². The second kappa shape index (κ2) is 5.23. The molecule has 2 heterocycles. The molecular weight excluding hydrogens is 192 g/mol. The zero-order chi connectivity index (χ0) is 10.5. The second-order valence-corrected chi connectivity index (χ2v) is 4.11. The number of nitrogens with one attached hydrogen (secondary N) is 1. The lowest BCUT2D eigenvalue weighted by Gasteiger charge is -2.22. The molecule has 15 heavy (non-hydrogen) atoms. The molecule has 1 saturated heterocycles. The molecule has 0 atom stereocenters. The first-order valence-corrected chi connectivity index (χ1v) is 5.59. The average molecular weight is 210 g/mol. The molecule has 0 amide bonds. The van der Waals surface area contributed by atoms with Crippen LogP contribution in [-0.2, 0) is 13.2 Å². The molecular formula is C10H18N4O. The third kappa shape index (κ3) is 3.00. The number of aromatic nitrogens is 3. The summed E-state index contributed by atoms with van der Waals surface area (Å²) in [5.41, 5.74) is 0.653. The molecule has 1 aliphatic heterocycles. The summed E-state index contributed by atoms with van der Waals surface area (Å²) in [7, 11) is 0. The standard InChI is InChI=1S/C10H18N4O/c15-8-10-7-14(13-12-10)6-3-9-1-4-11-5-2-9/h7,9,11,15H,1-6,8H2. The molecule has 2 N–H and O–H groups in total. The summed E-state index contributed by atoms with van der Waals surface area (Å²) in [6.07, 6.45) is 5.51. The van der Waals surface area contributed by atoms with Gasteiger partial charge in [-0.15, -0.1) is 5.10 Å². The third-order valence-corrected chi connectivity index (χ3v) is 2.97. The molecule has 0 aromatic carbocycles. The monoisotopic (exact) mass is 210 g/mol. The first kappa shape index (κ1) is 10.6. The normalized spacial score (nSPS) is 18.2. The Bertz CT molecular complexity index is 293. The predicted molar refractivity (Wildman–Crippen MR) is 56.2 cm³/mol. The van der Waals surface area contributed by atoms with Crippen LogP contribution in [0.1, 0.15) is 25.0 Å². The van der Waals surface area contributed by atoms with Gasteiger partial charge in [-0.05, 0) is 38.3 Å². The van der Waals surface area contributed by atoms with Crippen LogP contribution >= 0.6 is 0 Å². The molecule has 1 aromatic rings. The fraction of sp³-hybridized carbons (Fsp3) is 0.800. The maximum atomic E-state index is 8.84. The molecule has 1 fully saturated rings. The van der Waals surface area contributed by atoms with Crippen molar-refractivity contribution in [3.8, 4) is 0 Å². The Morgan fingerprint density at radius 3 is 2.93 bits per heavy atom. The van der Waals surface area contributed by atoms with Gasteiger partial charge in [0, 0.05) is 6.54 Å². The van der Waals surface area contributed by atoms with E-state index in [1.165, 1.54) is 12.8 Å². The number of aliphatic hydroxyl groups excluding tert-OH is 1. The Morgan fingerprint density at radius 1 is 1.47 bits per heavy atom. The lowest BCUT2D eigenvalue weighted by atomic mass is 9.95. The SMILES string of the molecule is OCc1cn(CCC2CCNCC2)nn1. The van der Waals surface area contributed by atoms with Crippen molar-refractivity contribution in [2.45, 2.75) is 32.4 Å². The summed E-state index contributed by atoms with van der Waals surface area (Å²) < 4.78 is 1.83. The third-order valence-electron chi connectivity index (χ3n) is 2.97. The Hall–Kier alpha value is -0.940. The highest BCUT2D eigenvalue weighted by molar-refractivity contribution is 4.88. The van der Waals surface area contributed by atoms with Gasteiger partial charge >= 0.3 is 0 Å². The number of aliphatic hydroxyl groups is 1. The van der Waals surface area contributed by atoms with Crippen LogP contribution in [0.25, 0.3) is 0 Å². The van der Waals surface area contributed by atoms with Crippen molar-refractivity contribution in [2.24, 2.45) is 5.92 Å². The Morgan fingerprint density at radius 2 is 2.27 bits per heavy atom. The van der Waals surface area contributed by atoms with Gasteiger partial charge in [-0.2, -0.15) is 0 Å². The largest absolute Gasteiger partial charge is 0.390 e. The number of hydrogen-bond acceptors (Lipinski definition) is 4. The van der Waals surface area contributed by atoms with Crippen molar-refractivity contribution in [1.29, 1.82) is 0 Å². The van der Waals surface area contributed by atoms with E-state index in [9.17, 15) is 0 Å². The Kier molecular flexibility index (Phi) is 3.69. The number of piperidine rings is 1. The van der Waals surface area contributed by atoms with E-state index in [4.69, 9.17) is 5.11 Å². The maximum absolute atomic E-state index is 8.84. The maximum Gasteiger partial charge on any atom is 0.108 e. The molecule has 0 bridgehead atoms. The van der Waals surface area contributed by atoms with E-state index < -0.39 is 0 Å². The van der Waals surface area contributed by atoms with Gasteiger partial charge in [0.15, 0.2) is 0 Å². The molecule has 1 aliphatic rings. The smallest absolute Gasteiger partial charge is 0.108 e. The van der Waals surface area contributed by atoms with Gasteiger partial charge in [0.25, 0.3) is 0 Å². The van der Waals surface area contributed by atoms with E-state index in [0.29, 0.717) is 5.69 Å². The van der Waals surface area contributed by atoms with Crippen molar-refractivity contribution in [1.82, 2.24) is 20.3 Å². The predicted octanol–water partition coefficient (Wildman–Crippen LogP) is 0.160. The van der Waals surface area contributed by atoms with E-state index in [2.05, 4.69) is 15.6 Å². The molecule has 0 radical (unpaired) electrons. The van der Waals surface area contributed by atoms with Crippen LogP contribution in [0.5, 0.6) is 0 Å². The number of hydrogen-bond donors (Lipinski definition) is 2. The Labute approximate surface area is 89.5 Å². The highest BCUT2D eigenvalue weighted by atomic mass is 16.3. The quantitative estimate of drug-likeness (QED) is 0.743. The zero-order valence-corrected chi connectivity index (χ0v) is 8.89. The minimum absolute atomic E-state index is 0.0205. The van der Waals surface area contributed by atoms with Gasteiger partial charge in [-0.3, -0.25) is 4.68 Å². The highest BCUT2D eigenvalue weighted by Crippen LogP contribution is 2.16. The van der Waals surface area contributed by atoms with Crippen LogP contribution in [0.4, 0.5) is 0 Å². The summed E-state index contributed by atoms with van der Waals surface area (Å²) in [5, 5.41) is 20.0. The van der Waals surface area contributed by atoms with Gasteiger partial charge in [0.05, 0.1) is 12.8 Å². The molecule has 2 rings (SSSR count). The lowest BCUT2D eigenvalue weighted by molar-refractivity contribution is 0.276. The molecule has 1 aromatic heterocycles. The van der Waals surface area contributed by atoms with E-state index in [1.54, 1.807) is 0 Å². The molecule has 0 saturated carbocycles. The van der Waals surface area contributed by atoms with Crippen molar-refractivity contribution in [3.05, 3.63) is 11.9 Å². The van der Waals surface area contributed by atoms with Crippen LogP contribution in [0.3, 0.4) is 0 Å². The molecule has 5 heteroatoms. The van der Waals surface area contributed by atoms with Crippen LogP contribution in [0, 0.1) is 5.92 Å². The molecule has 84 valence electrons. The fourth-order valence-corrected chi connectivity index (χ4v) is 2.01. The van der Waals surface area contributed by atoms with Gasteiger partial charge in [-0.1, -0.05) is 5.21 Å². The van der Waals surface area contributed by atoms with E-state index >= 15 is 0 Å². The van der Waals surface area contributed by atoms with Gasteiger partial charge in [0.2, 0.25) is 0 Å². The molecule has 5 nitrogen and oxygen atoms in total. The van der Waals surface area contributed by atoms with Crippen LogP contribution in [0.2, 0.25) is 0 Å². The van der Waals surface area contributed by atoms with Crippen LogP contribution in [-0.4, -0.2) is 33.2 Å². The zero-order valence-electron chi connectivity index (χ0n) is 8.89. The van der Waals surface area contributed by atoms with Gasteiger partial charge in [-0.25, -0.2) is 0 Å². The first-order chi connectivity index (χ1) is 7.38. The van der Waals surface area contributed by atoms with Crippen molar-refractivity contribution in [2.75, 3.05) is 13.1 Å². The number of aryl methyl sites for hydroxylation is 1. The van der Waals surface area contributed by atoms with Crippen molar-refractivity contribution >= 4 is 0 Å². The highest BCUT2D eigenvalue weighted by Gasteiger charge is 2.12. The molecule has 0 aliphatic carbocycles. The van der Waals surface area contributed by atoms with Gasteiger partial charge < -0.3 is 10.4 Å². The lowest BCUT2D eigenvalue weighted by Crippen LogP contribution is -2.28. The summed E-state index contributed by atoms with van der Waals surface area (Å²) >= 11 is 0. The molecule has 0 spiro atoms. The van der Waals surface area contributed by atoms with Crippen molar-refractivity contribution < 1.29 is 5.11 Å². The summed E-state index contributed by atoms with van der Waals surface area (Å²) in [4.78, 5) is 0. The number of rotatable bonds is 4. The molecule has 0 unspecified atom stereocenters. The summed E-state index contributed by atoms with van der Waals surface area (Å²) in [6.45, 7) is 3.18. The first-order valence-electron chi connectivity index (χ1n) is 5.59. The average Bonchev–Trinajstić information content (AvgIpc) is 2.76. The number of nitrogens with zero attached hydrogens (tertiary/aromatic N) is 3. The van der Waals surface area contributed by atoms with E-state index in [1.807, 2.05) is 10.9 Å². The minimum atomic E-state index is -0.0205. The Balaban J connectivity index is 1.76. The van der Waals surface area contributed by atoms with Crippen LogP contribution < -0.4 is 5.32 Å². The fourth-order valence-electron chi connectivity index (χ4n) is 2.01. The van der Waals surface area contributed by atoms with E-state index in [-0.39, 0.29) is 6.61 Å². The van der Waals surface area contributed by atoms with Crippen molar-refractivity contribution in [3.63, 3.8) is 0 Å². The summed E-state index contributed by atoms with van der Waals surface area (Å²) in [6, 6.07) is 0. The topological polar surface area (TPSA) is 63.0 Å².